The van der Waals surface area contributed by atoms with Crippen LogP contribution in [-0.4, -0.2) is 42.0 Å². The van der Waals surface area contributed by atoms with Gasteiger partial charge in [-0.3, -0.25) is 9.69 Å². The van der Waals surface area contributed by atoms with Gasteiger partial charge in [0.2, 0.25) is 5.91 Å². The smallest absolute Gasteiger partial charge is 0.220 e. The van der Waals surface area contributed by atoms with Crippen molar-refractivity contribution in [2.24, 2.45) is 11.7 Å². The highest BCUT2D eigenvalue weighted by Crippen LogP contribution is 2.30. The number of nitrogens with one attached hydrogen (secondary N) is 1. The Hall–Kier alpha value is -0.610. The molecule has 0 aromatic carbocycles. The maximum atomic E-state index is 11.2. The van der Waals surface area contributed by atoms with Gasteiger partial charge in [-0.2, -0.15) is 0 Å². The van der Waals surface area contributed by atoms with Crippen molar-refractivity contribution in [3.63, 3.8) is 0 Å². The summed E-state index contributed by atoms with van der Waals surface area (Å²) in [7, 11) is 0. The SMILES string of the molecule is NC(=O)C1CCC(NC2CCN3CCCCC23)CC1. The van der Waals surface area contributed by atoms with Crippen molar-refractivity contribution in [3.05, 3.63) is 0 Å². The number of nitrogens with zero attached hydrogens (tertiary/aromatic N) is 1. The van der Waals surface area contributed by atoms with Crippen LogP contribution in [0.2, 0.25) is 0 Å². The lowest BCUT2D eigenvalue weighted by atomic mass is 9.85. The Morgan fingerprint density at radius 3 is 2.53 bits per heavy atom. The lowest BCUT2D eigenvalue weighted by molar-refractivity contribution is -0.122. The van der Waals surface area contributed by atoms with E-state index in [1.165, 1.54) is 38.8 Å². The van der Waals surface area contributed by atoms with Crippen molar-refractivity contribution >= 4 is 5.91 Å². The molecule has 0 spiro atoms. The van der Waals surface area contributed by atoms with Gasteiger partial charge in [-0.15, -0.1) is 0 Å². The normalized spacial score (nSPS) is 40.0. The third-order valence-corrected chi connectivity index (χ3v) is 5.44. The van der Waals surface area contributed by atoms with Gasteiger partial charge in [-0.05, 0) is 51.5 Å². The molecule has 0 bridgehead atoms. The molecular weight excluding hydrogens is 238 g/mol. The first kappa shape index (κ1) is 13.4. The van der Waals surface area contributed by atoms with Crippen molar-refractivity contribution in [1.82, 2.24) is 10.2 Å². The first-order chi connectivity index (χ1) is 9.24. The van der Waals surface area contributed by atoms with Crippen molar-refractivity contribution in [1.29, 1.82) is 0 Å². The molecule has 1 aliphatic carbocycles. The van der Waals surface area contributed by atoms with Crippen LogP contribution < -0.4 is 11.1 Å². The number of fused-ring (bicyclic) bond motifs is 1. The van der Waals surface area contributed by atoms with E-state index in [1.54, 1.807) is 0 Å². The number of hydrogen-bond donors (Lipinski definition) is 2. The lowest BCUT2D eigenvalue weighted by Crippen LogP contribution is -2.49. The number of primary amides is 1. The van der Waals surface area contributed by atoms with Gasteiger partial charge in [0.15, 0.2) is 0 Å². The van der Waals surface area contributed by atoms with Crippen LogP contribution in [0.4, 0.5) is 0 Å². The second-order valence-corrected chi connectivity index (χ2v) is 6.61. The molecule has 1 amide bonds. The topological polar surface area (TPSA) is 58.4 Å². The second kappa shape index (κ2) is 5.80. The largest absolute Gasteiger partial charge is 0.369 e. The highest BCUT2D eigenvalue weighted by atomic mass is 16.1. The van der Waals surface area contributed by atoms with Crippen LogP contribution in [0.25, 0.3) is 0 Å². The highest BCUT2D eigenvalue weighted by molar-refractivity contribution is 5.76. The fraction of sp³-hybridized carbons (Fsp3) is 0.933. The average molecular weight is 265 g/mol. The number of nitrogens with two attached hydrogens (primary N) is 1. The van der Waals surface area contributed by atoms with E-state index in [1.807, 2.05) is 0 Å². The van der Waals surface area contributed by atoms with E-state index in [-0.39, 0.29) is 11.8 Å². The van der Waals surface area contributed by atoms with E-state index in [9.17, 15) is 4.79 Å². The molecule has 1 saturated carbocycles. The van der Waals surface area contributed by atoms with Gasteiger partial charge in [-0.1, -0.05) is 6.42 Å². The summed E-state index contributed by atoms with van der Waals surface area (Å²) in [6.07, 6.45) is 9.66. The molecule has 2 aliphatic heterocycles. The van der Waals surface area contributed by atoms with Crippen LogP contribution >= 0.6 is 0 Å². The summed E-state index contributed by atoms with van der Waals surface area (Å²) in [5, 5.41) is 3.88. The summed E-state index contributed by atoms with van der Waals surface area (Å²) in [5.74, 6) is 0.0329. The number of carbonyl (C=O) groups is 1. The minimum absolute atomic E-state index is 0.0993. The summed E-state index contributed by atoms with van der Waals surface area (Å²) in [4.78, 5) is 13.9. The highest BCUT2D eigenvalue weighted by Gasteiger charge is 2.37. The fourth-order valence-electron chi connectivity index (χ4n) is 4.29. The number of piperidine rings is 1. The van der Waals surface area contributed by atoms with Crippen molar-refractivity contribution in [2.75, 3.05) is 13.1 Å². The van der Waals surface area contributed by atoms with Crippen molar-refractivity contribution in [2.45, 2.75) is 69.5 Å². The number of hydrogen-bond acceptors (Lipinski definition) is 3. The Kier molecular flexibility index (Phi) is 4.08. The predicted octanol–water partition coefficient (Wildman–Crippen LogP) is 1.25. The summed E-state index contributed by atoms with van der Waals surface area (Å²) >= 11 is 0. The van der Waals surface area contributed by atoms with Crippen LogP contribution in [-0.2, 0) is 4.79 Å². The zero-order chi connectivity index (χ0) is 13.2. The van der Waals surface area contributed by atoms with Crippen LogP contribution in [0.15, 0.2) is 0 Å². The lowest BCUT2D eigenvalue weighted by Gasteiger charge is -2.36. The number of amides is 1. The molecule has 4 nitrogen and oxygen atoms in total. The monoisotopic (exact) mass is 265 g/mol. The first-order valence-corrected chi connectivity index (χ1v) is 8.03. The molecule has 4 heteroatoms. The molecule has 2 atom stereocenters. The first-order valence-electron chi connectivity index (χ1n) is 8.03. The molecule has 3 aliphatic rings. The van der Waals surface area contributed by atoms with E-state index in [4.69, 9.17) is 5.73 Å². The van der Waals surface area contributed by atoms with Gasteiger partial charge in [0.25, 0.3) is 0 Å². The third kappa shape index (κ3) is 2.95. The molecule has 108 valence electrons. The average Bonchev–Trinajstić information content (AvgIpc) is 2.83. The standard InChI is InChI=1S/C15H27N3O/c16-15(19)11-4-6-12(7-5-11)17-13-8-10-18-9-2-1-3-14(13)18/h11-14,17H,1-10H2,(H2,16,19). The molecule has 2 saturated heterocycles. The van der Waals surface area contributed by atoms with E-state index < -0.39 is 0 Å². The molecule has 0 aromatic heterocycles. The zero-order valence-corrected chi connectivity index (χ0v) is 11.8. The summed E-state index contributed by atoms with van der Waals surface area (Å²) in [6.45, 7) is 2.58. The van der Waals surface area contributed by atoms with E-state index in [2.05, 4.69) is 10.2 Å². The Labute approximate surface area is 116 Å². The molecular formula is C15H27N3O. The summed E-state index contributed by atoms with van der Waals surface area (Å²) in [6, 6.07) is 2.08. The predicted molar refractivity (Wildman–Crippen MR) is 75.7 cm³/mol. The molecule has 3 rings (SSSR count). The molecule has 2 heterocycles. The molecule has 3 fully saturated rings. The van der Waals surface area contributed by atoms with Gasteiger partial charge in [0.1, 0.15) is 0 Å². The third-order valence-electron chi connectivity index (χ3n) is 5.44. The molecule has 19 heavy (non-hydrogen) atoms. The zero-order valence-electron chi connectivity index (χ0n) is 11.8. The van der Waals surface area contributed by atoms with Crippen molar-refractivity contribution in [3.8, 4) is 0 Å². The number of rotatable bonds is 3. The molecule has 3 N–H and O–H groups in total. The molecule has 0 radical (unpaired) electrons. The Morgan fingerprint density at radius 2 is 1.79 bits per heavy atom. The quantitative estimate of drug-likeness (QED) is 0.807. The summed E-state index contributed by atoms with van der Waals surface area (Å²) in [5.41, 5.74) is 5.40. The summed E-state index contributed by atoms with van der Waals surface area (Å²) < 4.78 is 0. The van der Waals surface area contributed by atoms with E-state index in [0.717, 1.165) is 31.7 Å². The fourth-order valence-corrected chi connectivity index (χ4v) is 4.29. The molecule has 2 unspecified atom stereocenters. The second-order valence-electron chi connectivity index (χ2n) is 6.61. The van der Waals surface area contributed by atoms with Crippen LogP contribution in [0, 0.1) is 5.92 Å². The van der Waals surface area contributed by atoms with Gasteiger partial charge in [0.05, 0.1) is 0 Å². The van der Waals surface area contributed by atoms with E-state index in [0.29, 0.717) is 12.1 Å². The van der Waals surface area contributed by atoms with Gasteiger partial charge in [-0.25, -0.2) is 0 Å². The number of carbonyl (C=O) groups excluding carboxylic acids is 1. The maximum absolute atomic E-state index is 11.2. The van der Waals surface area contributed by atoms with Crippen LogP contribution in [0.3, 0.4) is 0 Å². The Morgan fingerprint density at radius 1 is 1.00 bits per heavy atom. The van der Waals surface area contributed by atoms with Crippen LogP contribution in [0.5, 0.6) is 0 Å². The van der Waals surface area contributed by atoms with Gasteiger partial charge >= 0.3 is 0 Å². The van der Waals surface area contributed by atoms with E-state index >= 15 is 0 Å². The Balaban J connectivity index is 1.48. The molecule has 0 aromatic rings. The maximum Gasteiger partial charge on any atom is 0.220 e. The van der Waals surface area contributed by atoms with Gasteiger partial charge in [0, 0.05) is 30.6 Å². The van der Waals surface area contributed by atoms with Gasteiger partial charge < -0.3 is 11.1 Å². The minimum Gasteiger partial charge on any atom is -0.369 e. The van der Waals surface area contributed by atoms with Crippen molar-refractivity contribution < 1.29 is 4.79 Å². The van der Waals surface area contributed by atoms with Crippen LogP contribution in [0.1, 0.15) is 51.4 Å². The minimum atomic E-state index is -0.0993. The Bertz CT molecular complexity index is 325.